The molecule has 1 heterocycles. The van der Waals surface area contributed by atoms with Crippen LogP contribution in [0.5, 0.6) is 0 Å². The number of H-pyrrole nitrogens is 1. The van der Waals surface area contributed by atoms with Crippen molar-refractivity contribution in [3.63, 3.8) is 0 Å². The van der Waals surface area contributed by atoms with Crippen LogP contribution in [0.4, 0.5) is 5.69 Å². The Hall–Kier alpha value is -1.32. The lowest BCUT2D eigenvalue weighted by molar-refractivity contribution is 0.145. The summed E-state index contributed by atoms with van der Waals surface area (Å²) in [7, 11) is 0. The van der Waals surface area contributed by atoms with Crippen LogP contribution in [0.3, 0.4) is 0 Å². The second-order valence-corrected chi connectivity index (χ2v) is 4.39. The molecular weight excluding hydrogens is 190 g/mol. The molecule has 0 saturated heterocycles. The summed E-state index contributed by atoms with van der Waals surface area (Å²) in [6.07, 6.45) is 6.80. The zero-order chi connectivity index (χ0) is 10.7. The smallest absolute Gasteiger partial charge is 0.266 e. The van der Waals surface area contributed by atoms with Crippen LogP contribution in [0.15, 0.2) is 17.1 Å². The van der Waals surface area contributed by atoms with Gasteiger partial charge in [-0.05, 0) is 24.7 Å². The maximum Gasteiger partial charge on any atom is 0.266 e. The summed E-state index contributed by atoms with van der Waals surface area (Å²) in [4.78, 5) is 11.0. The van der Waals surface area contributed by atoms with Crippen LogP contribution in [0.1, 0.15) is 32.6 Å². The summed E-state index contributed by atoms with van der Waals surface area (Å²) in [5.41, 5.74) is 1.13. The molecule has 1 aliphatic rings. The molecule has 0 aromatic carbocycles. The van der Waals surface area contributed by atoms with E-state index in [0.717, 1.165) is 12.2 Å². The fourth-order valence-corrected chi connectivity index (χ4v) is 2.09. The van der Waals surface area contributed by atoms with Crippen LogP contribution in [0, 0.1) is 5.41 Å². The van der Waals surface area contributed by atoms with Crippen molar-refractivity contribution in [3.05, 3.63) is 22.6 Å². The van der Waals surface area contributed by atoms with Gasteiger partial charge >= 0.3 is 0 Å². The van der Waals surface area contributed by atoms with Gasteiger partial charge in [0, 0.05) is 12.6 Å². The average molecular weight is 207 g/mol. The van der Waals surface area contributed by atoms with E-state index in [4.69, 9.17) is 0 Å². The van der Waals surface area contributed by atoms with Crippen LogP contribution in [-0.4, -0.2) is 16.7 Å². The molecule has 0 amide bonds. The number of aromatic amines is 1. The van der Waals surface area contributed by atoms with Crippen molar-refractivity contribution in [2.45, 2.75) is 32.6 Å². The summed E-state index contributed by atoms with van der Waals surface area (Å²) in [6, 6.07) is 1.55. The molecular formula is C11H17N3O. The van der Waals surface area contributed by atoms with Crippen molar-refractivity contribution in [1.29, 1.82) is 0 Å². The summed E-state index contributed by atoms with van der Waals surface area (Å²) >= 11 is 0. The van der Waals surface area contributed by atoms with Gasteiger partial charge in [-0.3, -0.25) is 4.79 Å². The zero-order valence-electron chi connectivity index (χ0n) is 9.05. The highest BCUT2D eigenvalue weighted by Gasteiger charge is 2.34. The molecule has 1 aromatic rings. The van der Waals surface area contributed by atoms with Crippen molar-refractivity contribution in [3.8, 4) is 0 Å². The third-order valence-corrected chi connectivity index (χ3v) is 3.50. The first-order valence-corrected chi connectivity index (χ1v) is 5.53. The maximum absolute atomic E-state index is 11.0. The molecule has 82 valence electrons. The lowest BCUT2D eigenvalue weighted by Crippen LogP contribution is -2.36. The molecule has 1 fully saturated rings. The van der Waals surface area contributed by atoms with E-state index in [1.54, 1.807) is 12.3 Å². The molecule has 0 aliphatic heterocycles. The fourth-order valence-electron chi connectivity index (χ4n) is 2.09. The maximum atomic E-state index is 11.0. The first kappa shape index (κ1) is 10.2. The largest absolute Gasteiger partial charge is 0.383 e. The van der Waals surface area contributed by atoms with Gasteiger partial charge in [-0.2, -0.15) is 5.10 Å². The highest BCUT2D eigenvalue weighted by Crippen LogP contribution is 2.43. The number of hydrogen-bond donors (Lipinski definition) is 2. The lowest BCUT2D eigenvalue weighted by Gasteiger charge is -2.41. The van der Waals surface area contributed by atoms with Gasteiger partial charge in [0.25, 0.3) is 5.56 Å². The van der Waals surface area contributed by atoms with Gasteiger partial charge in [-0.1, -0.05) is 13.3 Å². The molecule has 0 radical (unpaired) electrons. The quantitative estimate of drug-likeness (QED) is 0.791. The van der Waals surface area contributed by atoms with Crippen molar-refractivity contribution in [2.24, 2.45) is 5.41 Å². The van der Waals surface area contributed by atoms with E-state index in [9.17, 15) is 4.79 Å². The van der Waals surface area contributed by atoms with Crippen molar-refractivity contribution < 1.29 is 0 Å². The third kappa shape index (κ3) is 2.19. The molecule has 1 aliphatic carbocycles. The molecule has 4 nitrogen and oxygen atoms in total. The monoisotopic (exact) mass is 207 g/mol. The van der Waals surface area contributed by atoms with Gasteiger partial charge in [0.15, 0.2) is 0 Å². The van der Waals surface area contributed by atoms with Crippen LogP contribution in [-0.2, 0) is 0 Å². The van der Waals surface area contributed by atoms with Crippen LogP contribution in [0.2, 0.25) is 0 Å². The predicted octanol–water partition coefficient (Wildman–Crippen LogP) is 1.76. The van der Waals surface area contributed by atoms with Crippen LogP contribution >= 0.6 is 0 Å². The van der Waals surface area contributed by atoms with E-state index >= 15 is 0 Å². The van der Waals surface area contributed by atoms with E-state index in [1.165, 1.54) is 25.7 Å². The van der Waals surface area contributed by atoms with Gasteiger partial charge < -0.3 is 5.32 Å². The fraction of sp³-hybridized carbons (Fsp3) is 0.636. The normalized spacial score (nSPS) is 18.2. The van der Waals surface area contributed by atoms with E-state index in [1.807, 2.05) is 0 Å². The predicted molar refractivity (Wildman–Crippen MR) is 59.9 cm³/mol. The average Bonchev–Trinajstić information content (AvgIpc) is 2.17. The van der Waals surface area contributed by atoms with Gasteiger partial charge in [0.1, 0.15) is 0 Å². The highest BCUT2D eigenvalue weighted by atomic mass is 16.1. The molecule has 0 unspecified atom stereocenters. The number of nitrogens with zero attached hydrogens (tertiary/aromatic N) is 1. The summed E-state index contributed by atoms with van der Waals surface area (Å²) in [5.74, 6) is 0. The van der Waals surface area contributed by atoms with Gasteiger partial charge in [-0.15, -0.1) is 0 Å². The second-order valence-electron chi connectivity index (χ2n) is 4.39. The molecule has 15 heavy (non-hydrogen) atoms. The van der Waals surface area contributed by atoms with E-state index < -0.39 is 0 Å². The molecule has 0 atom stereocenters. The molecule has 4 heteroatoms. The minimum atomic E-state index is -0.154. The third-order valence-electron chi connectivity index (χ3n) is 3.50. The number of rotatable bonds is 4. The number of aromatic nitrogens is 2. The Morgan fingerprint density at radius 1 is 1.60 bits per heavy atom. The van der Waals surface area contributed by atoms with E-state index in [2.05, 4.69) is 22.4 Å². The number of hydrogen-bond acceptors (Lipinski definition) is 3. The van der Waals surface area contributed by atoms with Gasteiger partial charge in [0.2, 0.25) is 0 Å². The molecule has 2 N–H and O–H groups in total. The Bertz CT molecular complexity index is 376. The number of anilines is 1. The Morgan fingerprint density at radius 3 is 2.93 bits per heavy atom. The topological polar surface area (TPSA) is 57.8 Å². The Morgan fingerprint density at radius 2 is 2.40 bits per heavy atom. The first-order chi connectivity index (χ1) is 7.24. The highest BCUT2D eigenvalue weighted by molar-refractivity contribution is 5.38. The van der Waals surface area contributed by atoms with E-state index in [-0.39, 0.29) is 5.56 Å². The SMILES string of the molecule is CCC1(CNc2cn[nH]c(=O)c2)CCC1. The van der Waals surface area contributed by atoms with Crippen molar-refractivity contribution >= 4 is 5.69 Å². The van der Waals surface area contributed by atoms with Gasteiger partial charge in [0.05, 0.1) is 11.9 Å². The molecule has 0 bridgehead atoms. The lowest BCUT2D eigenvalue weighted by atomic mass is 9.67. The number of nitrogens with one attached hydrogen (secondary N) is 2. The van der Waals surface area contributed by atoms with Crippen molar-refractivity contribution in [1.82, 2.24) is 10.2 Å². The summed E-state index contributed by atoms with van der Waals surface area (Å²) < 4.78 is 0. The van der Waals surface area contributed by atoms with Crippen LogP contribution < -0.4 is 10.9 Å². The minimum Gasteiger partial charge on any atom is -0.383 e. The Balaban J connectivity index is 1.95. The minimum absolute atomic E-state index is 0.154. The zero-order valence-corrected chi connectivity index (χ0v) is 9.05. The second kappa shape index (κ2) is 4.04. The molecule has 0 spiro atoms. The van der Waals surface area contributed by atoms with E-state index in [0.29, 0.717) is 5.41 Å². The standard InChI is InChI=1S/C11H17N3O/c1-2-11(4-3-5-11)8-12-9-6-10(15)14-13-7-9/h6-7H,2-5,8H2,1H3,(H2,12,14,15). The summed E-state index contributed by atoms with van der Waals surface area (Å²) in [6.45, 7) is 3.19. The Kier molecular flexibility index (Phi) is 2.75. The molecule has 1 aromatic heterocycles. The Labute approximate surface area is 89.1 Å². The first-order valence-electron chi connectivity index (χ1n) is 5.53. The summed E-state index contributed by atoms with van der Waals surface area (Å²) in [5, 5.41) is 9.42. The van der Waals surface area contributed by atoms with Gasteiger partial charge in [-0.25, -0.2) is 5.10 Å². The van der Waals surface area contributed by atoms with Crippen molar-refractivity contribution in [2.75, 3.05) is 11.9 Å². The molecule has 1 saturated carbocycles. The van der Waals surface area contributed by atoms with Crippen LogP contribution in [0.25, 0.3) is 0 Å². The molecule has 2 rings (SSSR count).